The number of methoxy groups -OCH3 is 1. The van der Waals surface area contributed by atoms with Gasteiger partial charge in [0, 0.05) is 29.3 Å². The molecule has 2 aromatic rings. The zero-order chi connectivity index (χ0) is 16.4. The summed E-state index contributed by atoms with van der Waals surface area (Å²) in [7, 11) is 1.41. The molecule has 0 unspecified atom stereocenters. The molecule has 0 atom stereocenters. The molecule has 1 aliphatic carbocycles. The van der Waals surface area contributed by atoms with Gasteiger partial charge in [0.05, 0.1) is 7.11 Å². The van der Waals surface area contributed by atoms with E-state index in [1.807, 2.05) is 0 Å². The van der Waals surface area contributed by atoms with Crippen LogP contribution in [0.15, 0.2) is 36.4 Å². The Bertz CT molecular complexity index is 713. The van der Waals surface area contributed by atoms with Crippen molar-refractivity contribution in [1.29, 1.82) is 0 Å². The molecule has 0 bridgehead atoms. The van der Waals surface area contributed by atoms with Crippen LogP contribution >= 0.6 is 0 Å². The summed E-state index contributed by atoms with van der Waals surface area (Å²) in [5, 5.41) is 3.26. The van der Waals surface area contributed by atoms with Crippen molar-refractivity contribution in [2.75, 3.05) is 7.11 Å². The lowest BCUT2D eigenvalue weighted by Crippen LogP contribution is -2.48. The van der Waals surface area contributed by atoms with Crippen molar-refractivity contribution in [3.05, 3.63) is 65.0 Å². The van der Waals surface area contributed by atoms with Crippen LogP contribution in [0.3, 0.4) is 0 Å². The molecule has 2 aromatic carbocycles. The zero-order valence-corrected chi connectivity index (χ0v) is 12.8. The van der Waals surface area contributed by atoms with Gasteiger partial charge in [-0.2, -0.15) is 0 Å². The number of hydrogen-bond donors (Lipinski definition) is 1. The second kappa shape index (κ2) is 6.24. The number of halogens is 3. The molecular weight excluding hydrogens is 303 g/mol. The SMILES string of the molecule is COc1cccc(CNC2(c3ccc(F)cc3F)CCC2)c1F. The van der Waals surface area contributed by atoms with Crippen molar-refractivity contribution in [3.8, 4) is 5.75 Å². The molecular formula is C18H18F3NO. The zero-order valence-electron chi connectivity index (χ0n) is 12.8. The van der Waals surface area contributed by atoms with Crippen LogP contribution in [-0.2, 0) is 12.1 Å². The topological polar surface area (TPSA) is 21.3 Å². The highest BCUT2D eigenvalue weighted by atomic mass is 19.1. The maximum atomic E-state index is 14.2. The third kappa shape index (κ3) is 2.93. The predicted octanol–water partition coefficient (Wildman–Crippen LogP) is 4.28. The van der Waals surface area contributed by atoms with E-state index in [4.69, 9.17) is 4.74 Å². The number of ether oxygens (including phenoxy) is 1. The maximum absolute atomic E-state index is 14.2. The van der Waals surface area contributed by atoms with Crippen LogP contribution in [0, 0.1) is 17.5 Å². The average molecular weight is 321 g/mol. The molecule has 0 aliphatic heterocycles. The summed E-state index contributed by atoms with van der Waals surface area (Å²) >= 11 is 0. The van der Waals surface area contributed by atoms with Crippen LogP contribution in [0.25, 0.3) is 0 Å². The molecule has 1 N–H and O–H groups in total. The van der Waals surface area contributed by atoms with Crippen LogP contribution in [-0.4, -0.2) is 7.11 Å². The molecule has 0 saturated heterocycles. The largest absolute Gasteiger partial charge is 0.494 e. The molecule has 2 nitrogen and oxygen atoms in total. The quantitative estimate of drug-likeness (QED) is 0.887. The van der Waals surface area contributed by atoms with Crippen molar-refractivity contribution in [3.63, 3.8) is 0 Å². The van der Waals surface area contributed by atoms with E-state index in [0.717, 1.165) is 25.3 Å². The third-order valence-corrected chi connectivity index (χ3v) is 4.53. The Morgan fingerprint density at radius 3 is 2.52 bits per heavy atom. The number of rotatable bonds is 5. The van der Waals surface area contributed by atoms with E-state index in [9.17, 15) is 13.2 Å². The standard InChI is InChI=1S/C18H18F3NO/c1-23-16-5-2-4-12(17(16)21)11-22-18(8-3-9-18)14-7-6-13(19)10-15(14)20/h2,4-7,10,22H,3,8-9,11H2,1H3. The van der Waals surface area contributed by atoms with E-state index in [0.29, 0.717) is 11.1 Å². The summed E-state index contributed by atoms with van der Waals surface area (Å²) in [6, 6.07) is 8.55. The van der Waals surface area contributed by atoms with E-state index in [1.165, 1.54) is 19.2 Å². The highest BCUT2D eigenvalue weighted by molar-refractivity contribution is 5.33. The first-order chi connectivity index (χ1) is 11.1. The normalized spacial score (nSPS) is 16.0. The van der Waals surface area contributed by atoms with Gasteiger partial charge in [0.2, 0.25) is 0 Å². The monoisotopic (exact) mass is 321 g/mol. The van der Waals surface area contributed by atoms with Gasteiger partial charge in [0.25, 0.3) is 0 Å². The molecule has 0 spiro atoms. The number of nitrogens with one attached hydrogen (secondary N) is 1. The Kier molecular flexibility index (Phi) is 4.31. The number of hydrogen-bond acceptors (Lipinski definition) is 2. The predicted molar refractivity (Wildman–Crippen MR) is 81.7 cm³/mol. The fourth-order valence-electron chi connectivity index (χ4n) is 3.06. The van der Waals surface area contributed by atoms with E-state index < -0.39 is 23.0 Å². The molecule has 5 heteroatoms. The lowest BCUT2D eigenvalue weighted by Gasteiger charge is -2.43. The molecule has 0 radical (unpaired) electrons. The summed E-state index contributed by atoms with van der Waals surface area (Å²) < 4.78 is 46.4. The van der Waals surface area contributed by atoms with E-state index in [2.05, 4.69) is 5.32 Å². The van der Waals surface area contributed by atoms with Crippen LogP contribution in [0.1, 0.15) is 30.4 Å². The van der Waals surface area contributed by atoms with Gasteiger partial charge in [-0.05, 0) is 31.4 Å². The first kappa shape index (κ1) is 15.9. The second-order valence-electron chi connectivity index (χ2n) is 5.85. The minimum atomic E-state index is -0.598. The van der Waals surface area contributed by atoms with Gasteiger partial charge in [0.1, 0.15) is 11.6 Å². The highest BCUT2D eigenvalue weighted by Crippen LogP contribution is 2.42. The van der Waals surface area contributed by atoms with Gasteiger partial charge in [-0.3, -0.25) is 0 Å². The van der Waals surface area contributed by atoms with E-state index >= 15 is 0 Å². The summed E-state index contributed by atoms with van der Waals surface area (Å²) in [4.78, 5) is 0. The van der Waals surface area contributed by atoms with Crippen LogP contribution in [0.5, 0.6) is 5.75 Å². The highest BCUT2D eigenvalue weighted by Gasteiger charge is 2.40. The third-order valence-electron chi connectivity index (χ3n) is 4.53. The molecule has 0 aromatic heterocycles. The van der Waals surface area contributed by atoms with Gasteiger partial charge < -0.3 is 10.1 Å². The molecule has 23 heavy (non-hydrogen) atoms. The van der Waals surface area contributed by atoms with Crippen LogP contribution in [0.4, 0.5) is 13.2 Å². The lowest BCUT2D eigenvalue weighted by atomic mass is 9.71. The molecule has 3 rings (SSSR count). The minimum Gasteiger partial charge on any atom is -0.494 e. The van der Waals surface area contributed by atoms with Crippen molar-refractivity contribution in [2.45, 2.75) is 31.3 Å². The Morgan fingerprint density at radius 1 is 1.13 bits per heavy atom. The summed E-state index contributed by atoms with van der Waals surface area (Å²) in [6.07, 6.45) is 2.42. The second-order valence-corrected chi connectivity index (χ2v) is 5.85. The van der Waals surface area contributed by atoms with E-state index in [-0.39, 0.29) is 12.3 Å². The fraction of sp³-hybridized carbons (Fsp3) is 0.333. The maximum Gasteiger partial charge on any atom is 0.169 e. The lowest BCUT2D eigenvalue weighted by molar-refractivity contribution is 0.176. The smallest absolute Gasteiger partial charge is 0.169 e. The summed E-state index contributed by atoms with van der Waals surface area (Å²) in [6.45, 7) is 0.250. The summed E-state index contributed by atoms with van der Waals surface area (Å²) in [5.41, 5.74) is 0.333. The Balaban J connectivity index is 1.83. The first-order valence-corrected chi connectivity index (χ1v) is 7.58. The molecule has 1 aliphatic rings. The molecule has 1 saturated carbocycles. The minimum absolute atomic E-state index is 0.180. The van der Waals surface area contributed by atoms with Crippen molar-refractivity contribution in [1.82, 2.24) is 5.32 Å². The molecule has 1 fully saturated rings. The summed E-state index contributed by atoms with van der Waals surface area (Å²) in [5.74, 6) is -1.40. The molecule has 0 heterocycles. The van der Waals surface area contributed by atoms with Crippen molar-refractivity contribution < 1.29 is 17.9 Å². The first-order valence-electron chi connectivity index (χ1n) is 7.58. The molecule has 122 valence electrons. The average Bonchev–Trinajstić information content (AvgIpc) is 2.49. The van der Waals surface area contributed by atoms with Crippen LogP contribution in [0.2, 0.25) is 0 Å². The fourth-order valence-corrected chi connectivity index (χ4v) is 3.06. The Morgan fingerprint density at radius 2 is 1.91 bits per heavy atom. The van der Waals surface area contributed by atoms with Crippen LogP contribution < -0.4 is 10.1 Å². The van der Waals surface area contributed by atoms with Gasteiger partial charge in [-0.15, -0.1) is 0 Å². The van der Waals surface area contributed by atoms with Crippen molar-refractivity contribution in [2.24, 2.45) is 0 Å². The van der Waals surface area contributed by atoms with Gasteiger partial charge in [-0.25, -0.2) is 13.2 Å². The van der Waals surface area contributed by atoms with Gasteiger partial charge >= 0.3 is 0 Å². The van der Waals surface area contributed by atoms with Gasteiger partial charge in [0.15, 0.2) is 11.6 Å². The molecule has 0 amide bonds. The van der Waals surface area contributed by atoms with Gasteiger partial charge in [-0.1, -0.05) is 18.2 Å². The Labute approximate surface area is 133 Å². The van der Waals surface area contributed by atoms with Crippen molar-refractivity contribution >= 4 is 0 Å². The van der Waals surface area contributed by atoms with E-state index in [1.54, 1.807) is 18.2 Å². The Hall–Kier alpha value is -2.01. The number of benzene rings is 2.